The van der Waals surface area contributed by atoms with E-state index in [0.717, 1.165) is 11.3 Å². The summed E-state index contributed by atoms with van der Waals surface area (Å²) in [5.74, 6) is 3.49. The summed E-state index contributed by atoms with van der Waals surface area (Å²) < 4.78 is 28.0. The number of hydrogen-bond donors (Lipinski definition) is 7. The first-order chi connectivity index (χ1) is 15.6. The third-order valence-electron chi connectivity index (χ3n) is 4.25. The Hall–Kier alpha value is -2.99. The number of sulfonamides is 1. The van der Waals surface area contributed by atoms with Crippen LogP contribution < -0.4 is 32.6 Å². The average molecular weight is 495 g/mol. The van der Waals surface area contributed by atoms with Crippen molar-refractivity contribution in [3.63, 3.8) is 0 Å². The summed E-state index contributed by atoms with van der Waals surface area (Å²) >= 11 is 0.980. The Morgan fingerprint density at radius 1 is 1.21 bits per heavy atom. The molecule has 178 valence electrons. The van der Waals surface area contributed by atoms with Crippen molar-refractivity contribution < 1.29 is 23.1 Å². The minimum Gasteiger partial charge on any atom is -0.480 e. The van der Waals surface area contributed by atoms with Gasteiger partial charge in [0.2, 0.25) is 0 Å². The normalized spacial score (nSPS) is 12.0. The van der Waals surface area contributed by atoms with Crippen molar-refractivity contribution in [2.24, 2.45) is 17.2 Å². The van der Waals surface area contributed by atoms with Gasteiger partial charge in [0.25, 0.3) is 15.9 Å². The van der Waals surface area contributed by atoms with Crippen LogP contribution >= 0.6 is 11.3 Å². The molecule has 0 spiro atoms. The predicted molar refractivity (Wildman–Crippen MR) is 126 cm³/mol. The highest BCUT2D eigenvalue weighted by atomic mass is 32.2. The van der Waals surface area contributed by atoms with Gasteiger partial charge in [-0.25, -0.2) is 13.2 Å². The van der Waals surface area contributed by atoms with Crippen LogP contribution in [0.2, 0.25) is 0 Å². The van der Waals surface area contributed by atoms with Gasteiger partial charge in [0.1, 0.15) is 17.2 Å². The number of benzene rings is 1. The molecule has 1 atom stereocenters. The van der Waals surface area contributed by atoms with Crippen LogP contribution in [0.1, 0.15) is 28.1 Å². The fraction of sp³-hybridized carbons (Fsp3) is 0.300. The number of aliphatic carboxylic acids is 1. The number of carbonyl (C=O) groups is 2. The minimum atomic E-state index is -4.03. The summed E-state index contributed by atoms with van der Waals surface area (Å²) in [5.41, 5.74) is 16.6. The first kappa shape index (κ1) is 26.3. The zero-order valence-corrected chi connectivity index (χ0v) is 19.2. The Bertz CT molecular complexity index is 1140. The van der Waals surface area contributed by atoms with E-state index >= 15 is 0 Å². The van der Waals surface area contributed by atoms with Gasteiger partial charge in [-0.2, -0.15) is 0 Å². The van der Waals surface area contributed by atoms with Gasteiger partial charge >= 0.3 is 5.97 Å². The number of thiophene rings is 1. The van der Waals surface area contributed by atoms with E-state index in [2.05, 4.69) is 27.2 Å². The molecule has 2 rings (SSSR count). The fourth-order valence-electron chi connectivity index (χ4n) is 2.72. The maximum atomic E-state index is 12.8. The molecule has 2 aromatic rings. The maximum Gasteiger partial charge on any atom is 0.326 e. The van der Waals surface area contributed by atoms with E-state index in [-0.39, 0.29) is 28.4 Å². The number of carbonyl (C=O) groups excluding carboxylic acids is 1. The van der Waals surface area contributed by atoms with E-state index in [4.69, 9.17) is 17.2 Å². The molecule has 0 aliphatic heterocycles. The van der Waals surface area contributed by atoms with E-state index in [9.17, 15) is 23.1 Å². The third kappa shape index (κ3) is 8.13. The monoisotopic (exact) mass is 494 g/mol. The highest BCUT2D eigenvalue weighted by Gasteiger charge is 2.24. The summed E-state index contributed by atoms with van der Waals surface area (Å²) in [4.78, 5) is 24.2. The summed E-state index contributed by atoms with van der Waals surface area (Å²) in [6.45, 7) is 0.507. The number of amides is 1. The largest absolute Gasteiger partial charge is 0.480 e. The van der Waals surface area contributed by atoms with E-state index in [1.165, 1.54) is 23.6 Å². The average Bonchev–Trinajstić information content (AvgIpc) is 3.21. The summed E-state index contributed by atoms with van der Waals surface area (Å²) in [7, 11) is -4.03. The SMILES string of the molecule is NCC#Cc1cccc(S(=O)(=O)Nc2ccsc2C(=O)N[C@@H](CCCNC(N)N)C(=O)O)c1. The number of rotatable bonds is 11. The molecule has 0 unspecified atom stereocenters. The topological polar surface area (TPSA) is 203 Å². The second-order valence-corrected chi connectivity index (χ2v) is 9.39. The van der Waals surface area contributed by atoms with Gasteiger partial charge < -0.3 is 27.6 Å². The fourth-order valence-corrected chi connectivity index (χ4v) is 4.65. The molecule has 0 fully saturated rings. The van der Waals surface area contributed by atoms with Crippen LogP contribution in [0, 0.1) is 11.8 Å². The predicted octanol–water partition coefficient (Wildman–Crippen LogP) is -0.387. The zero-order valence-electron chi connectivity index (χ0n) is 17.6. The van der Waals surface area contributed by atoms with Crippen molar-refractivity contribution >= 4 is 38.9 Å². The van der Waals surface area contributed by atoms with Crippen LogP contribution in [0.25, 0.3) is 0 Å². The maximum absolute atomic E-state index is 12.8. The standard InChI is InChI=1S/C20H26N6O5S2/c21-9-2-5-13-4-1-6-14(12-13)33(30,31)26-15-8-11-32-17(15)18(27)25-16(19(28)29)7-3-10-24-20(22)23/h1,4,6,8,11-12,16,20,24,26H,3,7,9-10,21-23H2,(H,25,27)(H,28,29)/t16-/m0/s1. The van der Waals surface area contributed by atoms with Crippen LogP contribution in [0.5, 0.6) is 0 Å². The van der Waals surface area contributed by atoms with Crippen molar-refractivity contribution in [1.29, 1.82) is 0 Å². The van der Waals surface area contributed by atoms with Crippen molar-refractivity contribution in [3.8, 4) is 11.8 Å². The Morgan fingerprint density at radius 2 is 1.97 bits per heavy atom. The molecule has 33 heavy (non-hydrogen) atoms. The van der Waals surface area contributed by atoms with Crippen LogP contribution in [-0.2, 0) is 14.8 Å². The van der Waals surface area contributed by atoms with Crippen molar-refractivity contribution in [1.82, 2.24) is 10.6 Å². The molecule has 13 heteroatoms. The quantitative estimate of drug-likeness (QED) is 0.123. The molecule has 0 radical (unpaired) electrons. The van der Waals surface area contributed by atoms with Crippen LogP contribution in [0.4, 0.5) is 5.69 Å². The number of anilines is 1. The molecule has 1 aromatic heterocycles. The lowest BCUT2D eigenvalue weighted by atomic mass is 10.1. The Kier molecular flexibility index (Phi) is 9.79. The second-order valence-electron chi connectivity index (χ2n) is 6.79. The Balaban J connectivity index is 2.13. The van der Waals surface area contributed by atoms with Gasteiger partial charge in [-0.05, 0) is 49.0 Å². The number of carboxylic acid groups (broad SMARTS) is 1. The first-order valence-corrected chi connectivity index (χ1v) is 12.2. The van der Waals surface area contributed by atoms with Crippen molar-refractivity contribution in [2.45, 2.75) is 30.1 Å². The molecular formula is C20H26N6O5S2. The lowest BCUT2D eigenvalue weighted by molar-refractivity contribution is -0.139. The highest BCUT2D eigenvalue weighted by molar-refractivity contribution is 7.92. The Labute approximate surface area is 195 Å². The molecule has 1 aromatic carbocycles. The van der Waals surface area contributed by atoms with Gasteiger partial charge in [-0.15, -0.1) is 11.3 Å². The lowest BCUT2D eigenvalue weighted by Gasteiger charge is -2.16. The Morgan fingerprint density at radius 3 is 2.64 bits per heavy atom. The van der Waals surface area contributed by atoms with Crippen LogP contribution in [0.3, 0.4) is 0 Å². The van der Waals surface area contributed by atoms with Gasteiger partial charge in [-0.3, -0.25) is 14.8 Å². The molecule has 0 aliphatic carbocycles. The first-order valence-electron chi connectivity index (χ1n) is 9.81. The summed E-state index contributed by atoms with van der Waals surface area (Å²) in [5, 5.41) is 16.1. The van der Waals surface area contributed by atoms with E-state index in [1.807, 2.05) is 0 Å². The number of carboxylic acids is 1. The summed E-state index contributed by atoms with van der Waals surface area (Å²) in [6.07, 6.45) is -0.197. The van der Waals surface area contributed by atoms with Gasteiger partial charge in [0.05, 0.1) is 17.1 Å². The molecule has 1 heterocycles. The molecule has 0 saturated carbocycles. The molecule has 0 aliphatic rings. The summed E-state index contributed by atoms with van der Waals surface area (Å²) in [6, 6.07) is 6.23. The second kappa shape index (κ2) is 12.3. The molecule has 1 amide bonds. The van der Waals surface area contributed by atoms with Crippen LogP contribution in [0.15, 0.2) is 40.6 Å². The smallest absolute Gasteiger partial charge is 0.326 e. The zero-order chi connectivity index (χ0) is 24.4. The molecular weight excluding hydrogens is 468 g/mol. The third-order valence-corrected chi connectivity index (χ3v) is 6.52. The van der Waals surface area contributed by atoms with E-state index in [0.29, 0.717) is 18.5 Å². The van der Waals surface area contributed by atoms with Crippen molar-refractivity contribution in [3.05, 3.63) is 46.2 Å². The molecule has 0 saturated heterocycles. The number of hydrogen-bond acceptors (Lipinski definition) is 9. The van der Waals surface area contributed by atoms with Crippen molar-refractivity contribution in [2.75, 3.05) is 17.8 Å². The van der Waals surface area contributed by atoms with E-state index in [1.54, 1.807) is 12.1 Å². The molecule has 10 N–H and O–H groups in total. The minimum absolute atomic E-state index is 0.0333. The van der Waals surface area contributed by atoms with Crippen LogP contribution in [-0.4, -0.2) is 50.8 Å². The van der Waals surface area contributed by atoms with Gasteiger partial charge in [0, 0.05) is 5.56 Å². The van der Waals surface area contributed by atoms with Gasteiger partial charge in [-0.1, -0.05) is 17.9 Å². The van der Waals surface area contributed by atoms with Gasteiger partial charge in [0.15, 0.2) is 0 Å². The number of nitrogens with two attached hydrogens (primary N) is 3. The highest BCUT2D eigenvalue weighted by Crippen LogP contribution is 2.26. The van der Waals surface area contributed by atoms with E-state index < -0.39 is 34.2 Å². The number of nitrogens with one attached hydrogen (secondary N) is 3. The lowest BCUT2D eigenvalue weighted by Crippen LogP contribution is -2.46. The molecule has 0 bridgehead atoms. The molecule has 11 nitrogen and oxygen atoms in total.